The van der Waals surface area contributed by atoms with E-state index in [4.69, 9.17) is 17.3 Å². The van der Waals surface area contributed by atoms with Crippen LogP contribution in [0.25, 0.3) is 0 Å². The van der Waals surface area contributed by atoms with Crippen LogP contribution in [0.3, 0.4) is 0 Å². The molecular formula is C14H13ClN2OS. The maximum absolute atomic E-state index is 10.9. The number of amides is 1. The Kier molecular flexibility index (Phi) is 4.35. The number of carbonyl (C=O) groups is 1. The van der Waals surface area contributed by atoms with Gasteiger partial charge in [0.15, 0.2) is 0 Å². The standard InChI is InChI=1S/C14H13ClN2OS/c1-9(18)17-10-5-7-11(8-6-10)19-14-12(15)3-2-4-13(14)16/h2-8H,16H2,1H3,(H,17,18). The lowest BCUT2D eigenvalue weighted by Crippen LogP contribution is -2.05. The summed E-state index contributed by atoms with van der Waals surface area (Å²) in [5.74, 6) is -0.0873. The smallest absolute Gasteiger partial charge is 0.221 e. The lowest BCUT2D eigenvalue weighted by Gasteiger charge is -2.08. The SMILES string of the molecule is CC(=O)Nc1ccc(Sc2c(N)cccc2Cl)cc1. The summed E-state index contributed by atoms with van der Waals surface area (Å²) < 4.78 is 0. The predicted molar refractivity (Wildman–Crippen MR) is 80.7 cm³/mol. The molecule has 98 valence electrons. The molecular weight excluding hydrogens is 280 g/mol. The molecule has 0 heterocycles. The molecule has 0 unspecified atom stereocenters. The first-order valence-electron chi connectivity index (χ1n) is 5.66. The van der Waals surface area contributed by atoms with E-state index < -0.39 is 0 Å². The van der Waals surface area contributed by atoms with E-state index in [1.807, 2.05) is 42.5 Å². The average Bonchev–Trinajstić information content (AvgIpc) is 2.35. The summed E-state index contributed by atoms with van der Waals surface area (Å²) in [6.07, 6.45) is 0. The first-order chi connectivity index (χ1) is 9.06. The quantitative estimate of drug-likeness (QED) is 0.840. The van der Waals surface area contributed by atoms with Crippen LogP contribution in [0.4, 0.5) is 11.4 Å². The predicted octanol–water partition coefficient (Wildman–Crippen LogP) is 4.03. The van der Waals surface area contributed by atoms with E-state index in [9.17, 15) is 4.79 Å². The molecule has 3 nitrogen and oxygen atoms in total. The highest BCUT2D eigenvalue weighted by Crippen LogP contribution is 2.37. The third-order valence-corrected chi connectivity index (χ3v) is 3.99. The molecule has 19 heavy (non-hydrogen) atoms. The molecule has 0 aliphatic carbocycles. The Hall–Kier alpha value is -1.65. The van der Waals surface area contributed by atoms with Crippen molar-refractivity contribution in [1.29, 1.82) is 0 Å². The summed E-state index contributed by atoms with van der Waals surface area (Å²) in [7, 11) is 0. The van der Waals surface area contributed by atoms with Gasteiger partial charge in [0.05, 0.1) is 9.92 Å². The van der Waals surface area contributed by atoms with E-state index in [2.05, 4.69) is 5.32 Å². The minimum absolute atomic E-state index is 0.0873. The number of anilines is 2. The zero-order valence-corrected chi connectivity index (χ0v) is 11.9. The van der Waals surface area contributed by atoms with Crippen molar-refractivity contribution in [2.75, 3.05) is 11.1 Å². The summed E-state index contributed by atoms with van der Waals surface area (Å²) in [5.41, 5.74) is 7.33. The Morgan fingerprint density at radius 1 is 1.21 bits per heavy atom. The number of halogens is 1. The second-order valence-corrected chi connectivity index (χ2v) is 5.46. The molecule has 0 bridgehead atoms. The molecule has 0 fully saturated rings. The van der Waals surface area contributed by atoms with Crippen molar-refractivity contribution >= 4 is 40.6 Å². The van der Waals surface area contributed by atoms with E-state index >= 15 is 0 Å². The van der Waals surface area contributed by atoms with E-state index in [1.165, 1.54) is 18.7 Å². The summed E-state index contributed by atoms with van der Waals surface area (Å²) in [6, 6.07) is 13.0. The Labute approximate surface area is 121 Å². The van der Waals surface area contributed by atoms with Crippen molar-refractivity contribution in [3.8, 4) is 0 Å². The van der Waals surface area contributed by atoms with Gasteiger partial charge < -0.3 is 11.1 Å². The highest BCUT2D eigenvalue weighted by molar-refractivity contribution is 7.99. The van der Waals surface area contributed by atoms with Crippen LogP contribution in [0.15, 0.2) is 52.3 Å². The topological polar surface area (TPSA) is 55.1 Å². The third-order valence-electron chi connectivity index (χ3n) is 2.39. The highest BCUT2D eigenvalue weighted by atomic mass is 35.5. The zero-order chi connectivity index (χ0) is 13.8. The van der Waals surface area contributed by atoms with Crippen molar-refractivity contribution in [3.05, 3.63) is 47.5 Å². The largest absolute Gasteiger partial charge is 0.398 e. The van der Waals surface area contributed by atoms with E-state index in [0.29, 0.717) is 10.7 Å². The Bertz CT molecular complexity index is 579. The van der Waals surface area contributed by atoms with Crippen LogP contribution >= 0.6 is 23.4 Å². The van der Waals surface area contributed by atoms with Crippen molar-refractivity contribution in [2.45, 2.75) is 16.7 Å². The van der Waals surface area contributed by atoms with Crippen LogP contribution in [0.1, 0.15) is 6.92 Å². The van der Waals surface area contributed by atoms with Gasteiger partial charge in [-0.25, -0.2) is 0 Å². The van der Waals surface area contributed by atoms with E-state index in [-0.39, 0.29) is 5.91 Å². The highest BCUT2D eigenvalue weighted by Gasteiger charge is 2.06. The zero-order valence-electron chi connectivity index (χ0n) is 10.3. The van der Waals surface area contributed by atoms with Gasteiger partial charge in [-0.05, 0) is 36.4 Å². The monoisotopic (exact) mass is 292 g/mol. The number of hydrogen-bond acceptors (Lipinski definition) is 3. The van der Waals surface area contributed by atoms with Crippen molar-refractivity contribution in [1.82, 2.24) is 0 Å². The number of nitrogens with two attached hydrogens (primary N) is 1. The van der Waals surface area contributed by atoms with Gasteiger partial charge in [-0.15, -0.1) is 0 Å². The fraction of sp³-hybridized carbons (Fsp3) is 0.0714. The first kappa shape index (κ1) is 13.8. The molecule has 0 aliphatic heterocycles. The summed E-state index contributed by atoms with van der Waals surface area (Å²) >= 11 is 7.62. The molecule has 0 saturated carbocycles. The summed E-state index contributed by atoms with van der Waals surface area (Å²) in [5, 5.41) is 3.35. The number of nitrogens with one attached hydrogen (secondary N) is 1. The Morgan fingerprint density at radius 2 is 1.89 bits per heavy atom. The molecule has 0 aromatic heterocycles. The fourth-order valence-electron chi connectivity index (χ4n) is 1.56. The van der Waals surface area contributed by atoms with Crippen LogP contribution in [0, 0.1) is 0 Å². The molecule has 2 aromatic rings. The third kappa shape index (κ3) is 3.66. The Morgan fingerprint density at radius 3 is 2.47 bits per heavy atom. The second-order valence-electron chi connectivity index (χ2n) is 3.97. The van der Waals surface area contributed by atoms with Gasteiger partial charge in [-0.2, -0.15) is 0 Å². The first-order valence-corrected chi connectivity index (χ1v) is 6.85. The van der Waals surface area contributed by atoms with Crippen LogP contribution < -0.4 is 11.1 Å². The summed E-state index contributed by atoms with van der Waals surface area (Å²) in [4.78, 5) is 12.8. The van der Waals surface area contributed by atoms with Gasteiger partial charge in [0.1, 0.15) is 0 Å². The molecule has 0 aliphatic rings. The van der Waals surface area contributed by atoms with E-state index in [0.717, 1.165) is 15.5 Å². The molecule has 0 atom stereocenters. The molecule has 0 saturated heterocycles. The van der Waals surface area contributed by atoms with Crippen molar-refractivity contribution in [2.24, 2.45) is 0 Å². The summed E-state index contributed by atoms with van der Waals surface area (Å²) in [6.45, 7) is 1.48. The number of nitrogen functional groups attached to an aromatic ring is 1. The molecule has 1 amide bonds. The number of rotatable bonds is 3. The van der Waals surface area contributed by atoms with Crippen molar-refractivity contribution < 1.29 is 4.79 Å². The van der Waals surface area contributed by atoms with Gasteiger partial charge in [0.25, 0.3) is 0 Å². The molecule has 0 radical (unpaired) electrons. The van der Waals surface area contributed by atoms with E-state index in [1.54, 1.807) is 0 Å². The maximum atomic E-state index is 10.9. The number of carbonyl (C=O) groups excluding carboxylic acids is 1. The normalized spacial score (nSPS) is 10.2. The van der Waals surface area contributed by atoms with Crippen molar-refractivity contribution in [3.63, 3.8) is 0 Å². The van der Waals surface area contributed by atoms with Gasteiger partial charge in [-0.3, -0.25) is 4.79 Å². The Balaban J connectivity index is 2.18. The van der Waals surface area contributed by atoms with Gasteiger partial charge >= 0.3 is 0 Å². The average molecular weight is 293 g/mol. The lowest BCUT2D eigenvalue weighted by molar-refractivity contribution is -0.114. The lowest BCUT2D eigenvalue weighted by atomic mass is 10.3. The minimum Gasteiger partial charge on any atom is -0.398 e. The maximum Gasteiger partial charge on any atom is 0.221 e. The molecule has 2 rings (SSSR count). The number of hydrogen-bond donors (Lipinski definition) is 2. The number of benzene rings is 2. The fourth-order valence-corrected chi connectivity index (χ4v) is 2.72. The molecule has 0 spiro atoms. The second kappa shape index (κ2) is 5.99. The van der Waals surface area contributed by atoms with Gasteiger partial charge in [0.2, 0.25) is 5.91 Å². The van der Waals surface area contributed by atoms with Gasteiger partial charge in [0, 0.05) is 23.2 Å². The minimum atomic E-state index is -0.0873. The van der Waals surface area contributed by atoms with Crippen LogP contribution in [-0.2, 0) is 4.79 Å². The molecule has 2 aromatic carbocycles. The van der Waals surface area contributed by atoms with Gasteiger partial charge in [-0.1, -0.05) is 29.4 Å². The molecule has 3 N–H and O–H groups in total. The van der Waals surface area contributed by atoms with Crippen LogP contribution in [-0.4, -0.2) is 5.91 Å². The molecule has 5 heteroatoms. The van der Waals surface area contributed by atoms with Crippen LogP contribution in [0.2, 0.25) is 5.02 Å². The van der Waals surface area contributed by atoms with Crippen LogP contribution in [0.5, 0.6) is 0 Å².